The molecule has 0 spiro atoms. The van der Waals surface area contributed by atoms with Crippen molar-refractivity contribution in [3.8, 4) is 0 Å². The second kappa shape index (κ2) is 10.5. The molecular weight excluding hydrogens is 464 g/mol. The highest BCUT2D eigenvalue weighted by Gasteiger charge is 2.32. The Kier molecular flexibility index (Phi) is 7.19. The van der Waals surface area contributed by atoms with Gasteiger partial charge in [0.15, 0.2) is 0 Å². The van der Waals surface area contributed by atoms with Crippen LogP contribution in [0.2, 0.25) is 0 Å². The number of nitrogens with zero attached hydrogens (tertiary/aromatic N) is 6. The lowest BCUT2D eigenvalue weighted by molar-refractivity contribution is 0.0746. The van der Waals surface area contributed by atoms with Crippen LogP contribution in [0.4, 0.5) is 11.6 Å². The molecule has 3 aliphatic rings. The first-order valence-corrected chi connectivity index (χ1v) is 14.2. The zero-order valence-electron chi connectivity index (χ0n) is 20.2. The molecule has 0 saturated carbocycles. The molecule has 35 heavy (non-hydrogen) atoms. The van der Waals surface area contributed by atoms with E-state index in [9.17, 15) is 13.2 Å². The van der Waals surface area contributed by atoms with Crippen molar-refractivity contribution in [1.29, 1.82) is 0 Å². The van der Waals surface area contributed by atoms with Crippen LogP contribution in [0, 0.1) is 0 Å². The van der Waals surface area contributed by atoms with Gasteiger partial charge in [-0.1, -0.05) is 6.42 Å². The smallest absolute Gasteiger partial charge is 0.254 e. The number of benzene rings is 1. The van der Waals surface area contributed by atoms with Gasteiger partial charge in [0.1, 0.15) is 4.90 Å². The van der Waals surface area contributed by atoms with E-state index in [0.29, 0.717) is 50.8 Å². The molecule has 0 atom stereocenters. The van der Waals surface area contributed by atoms with Crippen LogP contribution in [-0.4, -0.2) is 85.9 Å². The summed E-state index contributed by atoms with van der Waals surface area (Å²) in [5, 5.41) is 0. The van der Waals surface area contributed by atoms with Crippen LogP contribution in [0.25, 0.3) is 0 Å². The van der Waals surface area contributed by atoms with Crippen molar-refractivity contribution in [3.05, 3.63) is 42.2 Å². The summed E-state index contributed by atoms with van der Waals surface area (Å²) < 4.78 is 29.1. The third-order valence-corrected chi connectivity index (χ3v) is 9.17. The lowest BCUT2D eigenvalue weighted by Crippen LogP contribution is -2.49. The molecule has 1 aromatic heterocycles. The van der Waals surface area contributed by atoms with Gasteiger partial charge in [0, 0.05) is 70.3 Å². The highest BCUT2D eigenvalue weighted by molar-refractivity contribution is 7.89. The summed E-state index contributed by atoms with van der Waals surface area (Å²) >= 11 is 0. The Morgan fingerprint density at radius 1 is 0.743 bits per heavy atom. The van der Waals surface area contributed by atoms with Gasteiger partial charge in [-0.2, -0.15) is 4.31 Å². The molecule has 10 heteroatoms. The van der Waals surface area contributed by atoms with Gasteiger partial charge >= 0.3 is 0 Å². The quantitative estimate of drug-likeness (QED) is 0.626. The third kappa shape index (κ3) is 5.13. The van der Waals surface area contributed by atoms with Crippen LogP contribution in [-0.2, 0) is 10.0 Å². The highest BCUT2D eigenvalue weighted by Crippen LogP contribution is 2.33. The fraction of sp³-hybridized carbons (Fsp3) is 0.560. The minimum Gasteiger partial charge on any atom is -0.370 e. The van der Waals surface area contributed by atoms with E-state index in [1.54, 1.807) is 39.8 Å². The number of carbonyl (C=O) groups excluding carboxylic acids is 1. The number of anilines is 2. The van der Waals surface area contributed by atoms with Crippen LogP contribution in [0.3, 0.4) is 0 Å². The summed E-state index contributed by atoms with van der Waals surface area (Å²) in [5.41, 5.74) is 1.17. The number of aromatic nitrogens is 2. The van der Waals surface area contributed by atoms with Crippen molar-refractivity contribution in [3.63, 3.8) is 0 Å². The van der Waals surface area contributed by atoms with Crippen LogP contribution < -0.4 is 9.80 Å². The fourth-order valence-corrected chi connectivity index (χ4v) is 7.00. The topological polar surface area (TPSA) is 90.0 Å². The Hall–Kier alpha value is -2.72. The molecular formula is C25H34N6O3S. The monoisotopic (exact) mass is 498 g/mol. The van der Waals surface area contributed by atoms with Gasteiger partial charge in [0.2, 0.25) is 16.0 Å². The summed E-state index contributed by atoms with van der Waals surface area (Å²) in [6.45, 7) is 5.14. The molecule has 188 valence electrons. The molecule has 1 amide bonds. The number of hydrogen-bond donors (Lipinski definition) is 0. The largest absolute Gasteiger partial charge is 0.370 e. The molecule has 1 aromatic carbocycles. The minimum absolute atomic E-state index is 0.126. The summed E-state index contributed by atoms with van der Waals surface area (Å²) in [6, 6.07) is 7.06. The lowest BCUT2D eigenvalue weighted by atomic mass is 10.1. The predicted octanol–water partition coefficient (Wildman–Crippen LogP) is 2.60. The molecule has 3 aliphatic heterocycles. The van der Waals surface area contributed by atoms with Gasteiger partial charge in [-0.25, -0.2) is 18.4 Å². The number of hydrogen-bond acceptors (Lipinski definition) is 7. The predicted molar refractivity (Wildman–Crippen MR) is 135 cm³/mol. The van der Waals surface area contributed by atoms with Crippen molar-refractivity contribution in [1.82, 2.24) is 19.2 Å². The molecule has 0 unspecified atom stereocenters. The van der Waals surface area contributed by atoms with Gasteiger partial charge in [0.25, 0.3) is 5.91 Å². The average molecular weight is 499 g/mol. The van der Waals surface area contributed by atoms with Gasteiger partial charge < -0.3 is 14.7 Å². The van der Waals surface area contributed by atoms with E-state index in [1.165, 1.54) is 6.42 Å². The first kappa shape index (κ1) is 24.0. The fourth-order valence-electron chi connectivity index (χ4n) is 5.24. The summed E-state index contributed by atoms with van der Waals surface area (Å²) in [4.78, 5) is 28.4. The van der Waals surface area contributed by atoms with Gasteiger partial charge in [0.05, 0.1) is 5.69 Å². The maximum absolute atomic E-state index is 13.8. The molecule has 0 aliphatic carbocycles. The molecule has 0 bridgehead atoms. The summed E-state index contributed by atoms with van der Waals surface area (Å²) in [7, 11) is -3.68. The SMILES string of the molecule is O=C(c1ccc(N2CCCCC2)c(S(=O)(=O)N2CCCCC2)c1)N1CCN(c2ncccn2)CC1. The molecule has 0 radical (unpaired) electrons. The Bertz CT molecular complexity index is 1120. The number of piperazine rings is 1. The Morgan fingerprint density at radius 3 is 2.03 bits per heavy atom. The number of piperidine rings is 2. The van der Waals surface area contributed by atoms with Gasteiger partial charge in [-0.3, -0.25) is 4.79 Å². The maximum atomic E-state index is 13.8. The number of carbonyl (C=O) groups is 1. The van der Waals surface area contributed by atoms with Crippen LogP contribution in [0.1, 0.15) is 48.9 Å². The van der Waals surface area contributed by atoms with Crippen molar-refractivity contribution in [2.24, 2.45) is 0 Å². The van der Waals surface area contributed by atoms with Crippen LogP contribution in [0.15, 0.2) is 41.6 Å². The standard InChI is InChI=1S/C25H34N6O3S/c32-24(29-16-18-30(19-17-29)25-26-10-7-11-27-25)21-8-9-22(28-12-3-1-4-13-28)23(20-21)35(33,34)31-14-5-2-6-15-31/h7-11,20H,1-6,12-19H2. The first-order chi connectivity index (χ1) is 17.0. The van der Waals surface area contributed by atoms with E-state index in [-0.39, 0.29) is 10.8 Å². The third-order valence-electron chi connectivity index (χ3n) is 7.24. The molecule has 9 nitrogen and oxygen atoms in total. The van der Waals surface area contributed by atoms with Crippen LogP contribution in [0.5, 0.6) is 0 Å². The number of sulfonamides is 1. The molecule has 0 N–H and O–H groups in total. The Morgan fingerprint density at radius 2 is 1.37 bits per heavy atom. The van der Waals surface area contributed by atoms with E-state index in [0.717, 1.165) is 50.9 Å². The average Bonchev–Trinajstić information content (AvgIpc) is 2.94. The molecule has 5 rings (SSSR count). The Labute approximate surface area is 207 Å². The van der Waals surface area contributed by atoms with E-state index in [4.69, 9.17) is 0 Å². The molecule has 4 heterocycles. The second-order valence-electron chi connectivity index (χ2n) is 9.52. The van der Waals surface area contributed by atoms with Crippen molar-refractivity contribution >= 4 is 27.6 Å². The molecule has 3 fully saturated rings. The van der Waals surface area contributed by atoms with Crippen LogP contribution >= 0.6 is 0 Å². The Balaban J connectivity index is 1.39. The van der Waals surface area contributed by atoms with E-state index < -0.39 is 10.0 Å². The van der Waals surface area contributed by atoms with E-state index >= 15 is 0 Å². The van der Waals surface area contributed by atoms with Crippen molar-refractivity contribution in [2.75, 3.05) is 62.2 Å². The highest BCUT2D eigenvalue weighted by atomic mass is 32.2. The number of amides is 1. The first-order valence-electron chi connectivity index (χ1n) is 12.7. The lowest BCUT2D eigenvalue weighted by Gasteiger charge is -2.35. The summed E-state index contributed by atoms with van der Waals surface area (Å²) in [6.07, 6.45) is 9.53. The second-order valence-corrected chi connectivity index (χ2v) is 11.4. The minimum atomic E-state index is -3.68. The molecule has 3 saturated heterocycles. The van der Waals surface area contributed by atoms with Crippen molar-refractivity contribution < 1.29 is 13.2 Å². The molecule has 2 aromatic rings. The normalized spacial score (nSPS) is 20.2. The number of rotatable bonds is 5. The zero-order chi connectivity index (χ0) is 24.3. The van der Waals surface area contributed by atoms with Gasteiger partial charge in [-0.05, 0) is 56.4 Å². The zero-order valence-corrected chi connectivity index (χ0v) is 21.0. The summed E-state index contributed by atoms with van der Waals surface area (Å²) in [5.74, 6) is 0.541. The van der Waals surface area contributed by atoms with E-state index in [2.05, 4.69) is 19.8 Å². The van der Waals surface area contributed by atoms with Gasteiger partial charge in [-0.15, -0.1) is 0 Å². The maximum Gasteiger partial charge on any atom is 0.254 e. The van der Waals surface area contributed by atoms with E-state index in [1.807, 2.05) is 6.07 Å². The van der Waals surface area contributed by atoms with Crippen molar-refractivity contribution in [2.45, 2.75) is 43.4 Å².